The van der Waals surface area contributed by atoms with Gasteiger partial charge in [-0.05, 0) is 71.1 Å². The lowest BCUT2D eigenvalue weighted by Gasteiger charge is -2.13. The molecule has 2 atom stereocenters. The molecule has 0 aliphatic carbocycles. The Balaban J connectivity index is 0.000000168. The van der Waals surface area contributed by atoms with Crippen LogP contribution in [-0.2, 0) is 19.1 Å². The van der Waals surface area contributed by atoms with E-state index in [0.29, 0.717) is 47.4 Å². The number of ether oxygens (including phenoxy) is 2. The summed E-state index contributed by atoms with van der Waals surface area (Å²) in [4.78, 5) is 58.1. The third-order valence-corrected chi connectivity index (χ3v) is 10.2. The number of benzene rings is 2. The van der Waals surface area contributed by atoms with Crippen molar-refractivity contribution in [2.75, 3.05) is 41.4 Å². The molecule has 2 amide bonds. The number of esters is 2. The summed E-state index contributed by atoms with van der Waals surface area (Å²) in [5.41, 5.74) is 0.861. The highest BCUT2D eigenvalue weighted by molar-refractivity contribution is 14.1. The zero-order chi connectivity index (χ0) is 42.5. The van der Waals surface area contributed by atoms with E-state index < -0.39 is 29.0 Å². The third-order valence-electron chi connectivity index (χ3n) is 9.54. The summed E-state index contributed by atoms with van der Waals surface area (Å²) in [5.74, 6) is 5.91. The van der Waals surface area contributed by atoms with Crippen LogP contribution in [0.3, 0.4) is 0 Å². The molecule has 0 spiro atoms. The summed E-state index contributed by atoms with van der Waals surface area (Å²) in [6, 6.07) is 18.5. The van der Waals surface area contributed by atoms with Crippen molar-refractivity contribution >= 4 is 68.1 Å². The quantitative estimate of drug-likeness (QED) is 0.149. The zero-order valence-electron chi connectivity index (χ0n) is 32.3. The molecule has 2 aliphatic rings. The maximum absolute atomic E-state index is 12.1. The summed E-state index contributed by atoms with van der Waals surface area (Å²) in [6.45, 7) is 1.01. The van der Waals surface area contributed by atoms with Gasteiger partial charge in [-0.3, -0.25) is 19.6 Å². The van der Waals surface area contributed by atoms with E-state index in [1.807, 2.05) is 30.3 Å². The summed E-state index contributed by atoms with van der Waals surface area (Å²) in [5, 5.41) is 29.9. The van der Waals surface area contributed by atoms with Crippen molar-refractivity contribution in [2.45, 2.75) is 24.0 Å². The highest BCUT2D eigenvalue weighted by Gasteiger charge is 2.43. The second-order valence-electron chi connectivity index (χ2n) is 13.4. The van der Waals surface area contributed by atoms with Gasteiger partial charge in [0.2, 0.25) is 11.2 Å². The molecular formula is C42H37IN8O8. The molecule has 17 heteroatoms. The van der Waals surface area contributed by atoms with Crippen LogP contribution in [0.25, 0.3) is 33.2 Å². The van der Waals surface area contributed by atoms with E-state index in [2.05, 4.69) is 60.5 Å². The van der Waals surface area contributed by atoms with E-state index in [1.54, 1.807) is 78.6 Å². The van der Waals surface area contributed by atoms with Gasteiger partial charge in [-0.2, -0.15) is 10.2 Å². The number of terminal acetylenes is 1. The van der Waals surface area contributed by atoms with Gasteiger partial charge in [-0.1, -0.05) is 29.9 Å². The van der Waals surface area contributed by atoms with Crippen LogP contribution in [0, 0.1) is 27.8 Å². The Kier molecular flexibility index (Phi) is 12.4. The Morgan fingerprint density at radius 3 is 1.69 bits per heavy atom. The number of hydrogen-bond donors (Lipinski definition) is 2. The molecule has 2 N–H and O–H groups in total. The number of rotatable bonds is 4. The van der Waals surface area contributed by atoms with Gasteiger partial charge in [-0.25, -0.2) is 19.0 Å². The van der Waals surface area contributed by atoms with E-state index in [9.17, 15) is 29.4 Å². The lowest BCUT2D eigenvalue weighted by atomic mass is 10.0. The molecule has 2 fully saturated rings. The minimum atomic E-state index is -1.66. The van der Waals surface area contributed by atoms with Crippen LogP contribution in [-0.4, -0.2) is 126 Å². The first kappa shape index (κ1) is 41.9. The fourth-order valence-electron chi connectivity index (χ4n) is 6.27. The maximum atomic E-state index is 12.1. The van der Waals surface area contributed by atoms with Crippen molar-refractivity contribution in [2.24, 2.45) is 0 Å². The van der Waals surface area contributed by atoms with Gasteiger partial charge in [0, 0.05) is 72.3 Å². The predicted octanol–water partition coefficient (Wildman–Crippen LogP) is 3.18. The molecule has 300 valence electrons. The van der Waals surface area contributed by atoms with E-state index in [-0.39, 0.29) is 18.0 Å². The van der Waals surface area contributed by atoms with Crippen LogP contribution in [0.1, 0.15) is 39.4 Å². The molecule has 2 saturated heterocycles. The number of likely N-dealkylation sites (N-methyl/N-ethyl adjacent to an activating group) is 2. The lowest BCUT2D eigenvalue weighted by molar-refractivity contribution is -0.138. The van der Waals surface area contributed by atoms with Crippen molar-refractivity contribution in [1.29, 1.82) is 0 Å². The van der Waals surface area contributed by atoms with Gasteiger partial charge in [0.25, 0.3) is 11.8 Å². The number of carbonyl (C=O) groups excluding carboxylic acids is 4. The number of methoxy groups -OCH3 is 2. The molecule has 8 rings (SSSR count). The first-order valence-corrected chi connectivity index (χ1v) is 19.0. The fraction of sp³-hybridized carbons (Fsp3) is 0.238. The van der Waals surface area contributed by atoms with Crippen LogP contribution in [0.4, 0.5) is 0 Å². The first-order valence-electron chi connectivity index (χ1n) is 17.9. The van der Waals surface area contributed by atoms with Crippen LogP contribution in [0.2, 0.25) is 0 Å². The molecule has 0 radical (unpaired) electrons. The van der Waals surface area contributed by atoms with Gasteiger partial charge in [0.15, 0.2) is 11.4 Å². The predicted molar refractivity (Wildman–Crippen MR) is 223 cm³/mol. The standard InChI is InChI=1S/C21H18N4O4.C14H10IN3O2.C7H9NO2/c1-24-11-9-21(28,20(24)27)8-6-14-4-3-5-15(12-14)25-17-13-22-10-7-16(17)18(23-25)19(26)29-2;1-20-14(19)13-11-5-6-16-8-12(11)18(17-13)10-4-2-3-9(15)7-10;1-3-7(10)4-5-8(2)6(7)9/h3-5,7,10,12-13,28H,9,11H2,1-2H3;2-8H,1H3;1,10H,4-5H2,2H3/t21-;;7-/m0.0/s1. The fourth-order valence-corrected chi connectivity index (χ4v) is 6.80. The summed E-state index contributed by atoms with van der Waals surface area (Å²) < 4.78 is 14.0. The largest absolute Gasteiger partial charge is 0.464 e. The summed E-state index contributed by atoms with van der Waals surface area (Å²) in [7, 11) is 5.91. The Morgan fingerprint density at radius 2 is 1.25 bits per heavy atom. The number of fused-ring (bicyclic) bond motifs is 2. The molecule has 0 saturated carbocycles. The topological polar surface area (TPSA) is 195 Å². The van der Waals surface area contributed by atoms with Gasteiger partial charge in [-0.15, -0.1) is 6.42 Å². The number of carbonyl (C=O) groups is 4. The summed E-state index contributed by atoms with van der Waals surface area (Å²) >= 11 is 2.24. The molecule has 2 aromatic carbocycles. The van der Waals surface area contributed by atoms with Crippen molar-refractivity contribution in [3.05, 3.63) is 106 Å². The average molecular weight is 909 g/mol. The lowest BCUT2D eigenvalue weighted by Crippen LogP contribution is -2.37. The Morgan fingerprint density at radius 1 is 0.763 bits per heavy atom. The van der Waals surface area contributed by atoms with E-state index in [4.69, 9.17) is 15.9 Å². The van der Waals surface area contributed by atoms with Gasteiger partial charge in [0.1, 0.15) is 0 Å². The number of aromatic nitrogens is 6. The Labute approximate surface area is 351 Å². The number of nitrogens with zero attached hydrogens (tertiary/aromatic N) is 8. The third kappa shape index (κ3) is 8.63. The SMILES string of the molecule is C#C[C@]1(O)CCN(C)C1=O.COC(=O)c1nn(-c2cccc(C#C[C@]3(O)CCN(C)C3=O)c2)c2cnccc12.COC(=O)c1nn(-c2cccc(I)c2)c2cnccc12. The average Bonchev–Trinajstić information content (AvgIpc) is 3.99. The highest BCUT2D eigenvalue weighted by Crippen LogP contribution is 2.25. The first-order chi connectivity index (χ1) is 28.2. The van der Waals surface area contributed by atoms with Crippen LogP contribution in [0.15, 0.2) is 85.5 Å². The van der Waals surface area contributed by atoms with Crippen LogP contribution < -0.4 is 0 Å². The Bertz CT molecular complexity index is 2710. The molecule has 0 bridgehead atoms. The number of likely N-dealkylation sites (tertiary alicyclic amines) is 2. The van der Waals surface area contributed by atoms with E-state index in [0.717, 1.165) is 20.2 Å². The molecule has 16 nitrogen and oxygen atoms in total. The van der Waals surface area contributed by atoms with Crippen molar-refractivity contribution in [1.82, 2.24) is 39.3 Å². The van der Waals surface area contributed by atoms with Crippen LogP contribution >= 0.6 is 22.6 Å². The monoisotopic (exact) mass is 908 g/mol. The molecule has 6 heterocycles. The molecular weight excluding hydrogens is 871 g/mol. The Hall–Kier alpha value is -6.67. The number of hydrogen-bond acceptors (Lipinski definition) is 12. The maximum Gasteiger partial charge on any atom is 0.359 e. The summed E-state index contributed by atoms with van der Waals surface area (Å²) in [6.07, 6.45) is 12.1. The number of halogens is 1. The molecule has 0 unspecified atom stereocenters. The zero-order valence-corrected chi connectivity index (χ0v) is 34.4. The molecule has 2 aliphatic heterocycles. The smallest absolute Gasteiger partial charge is 0.359 e. The minimum absolute atomic E-state index is 0.190. The number of pyridine rings is 2. The minimum Gasteiger partial charge on any atom is -0.464 e. The number of amides is 2. The van der Waals surface area contributed by atoms with Crippen molar-refractivity contribution in [3.8, 4) is 35.6 Å². The van der Waals surface area contributed by atoms with Gasteiger partial charge >= 0.3 is 11.9 Å². The normalized spacial score (nSPS) is 18.3. The second-order valence-corrected chi connectivity index (χ2v) is 14.6. The van der Waals surface area contributed by atoms with Crippen molar-refractivity contribution < 1.29 is 38.9 Å². The van der Waals surface area contributed by atoms with Gasteiger partial charge in [0.05, 0.1) is 49.0 Å². The van der Waals surface area contributed by atoms with Gasteiger partial charge < -0.3 is 29.5 Å². The van der Waals surface area contributed by atoms with E-state index in [1.165, 1.54) is 24.0 Å². The second kappa shape index (κ2) is 17.4. The highest BCUT2D eigenvalue weighted by atomic mass is 127. The molecule has 59 heavy (non-hydrogen) atoms. The van der Waals surface area contributed by atoms with E-state index >= 15 is 0 Å². The molecule has 6 aromatic rings. The molecule has 4 aromatic heterocycles. The number of aliphatic hydroxyl groups is 2. The van der Waals surface area contributed by atoms with Crippen LogP contribution in [0.5, 0.6) is 0 Å². The van der Waals surface area contributed by atoms with Crippen molar-refractivity contribution in [3.63, 3.8) is 0 Å².